The number of aliphatic hydroxyl groups excluding tert-OH is 1. The molecule has 0 unspecified atom stereocenters. The number of fused-ring (bicyclic) bond motifs is 7. The van der Waals surface area contributed by atoms with Crippen molar-refractivity contribution in [2.75, 3.05) is 0 Å². The van der Waals surface area contributed by atoms with E-state index in [0.717, 1.165) is 44.9 Å². The lowest BCUT2D eigenvalue weighted by molar-refractivity contribution is -0.206. The van der Waals surface area contributed by atoms with Gasteiger partial charge in [-0.2, -0.15) is 0 Å². The number of carbonyl (C=O) groups is 1. The van der Waals surface area contributed by atoms with Crippen LogP contribution in [-0.4, -0.2) is 22.3 Å². The number of carboxylic acid groups (broad SMARTS) is 1. The SMILES string of the molecule is C[C@H]1[C@H](C)CC[C@]2(C(=O)O)CC[C@@]3(C)C(=CC[C@@H]4[C@@]5(C)CC[C@H](O)C(C)(C)[C@@H]5CC[C@]43C)[C@H]12. The minimum Gasteiger partial charge on any atom is -0.481 e. The van der Waals surface area contributed by atoms with Crippen molar-refractivity contribution in [3.63, 3.8) is 0 Å². The fraction of sp³-hybridized carbons (Fsp3) is 0.900. The Balaban J connectivity index is 1.61. The molecule has 0 aromatic heterocycles. The van der Waals surface area contributed by atoms with E-state index in [-0.39, 0.29) is 33.7 Å². The van der Waals surface area contributed by atoms with Crippen LogP contribution < -0.4 is 0 Å². The van der Waals surface area contributed by atoms with E-state index in [1.807, 2.05) is 0 Å². The smallest absolute Gasteiger partial charge is 0.310 e. The van der Waals surface area contributed by atoms with Crippen molar-refractivity contribution in [3.05, 3.63) is 11.6 Å². The lowest BCUT2D eigenvalue weighted by Gasteiger charge is -2.71. The molecular formula is C30H48O3. The van der Waals surface area contributed by atoms with Crippen LogP contribution >= 0.6 is 0 Å². The zero-order valence-electron chi connectivity index (χ0n) is 22.2. The number of hydrogen-bond donors (Lipinski definition) is 2. The monoisotopic (exact) mass is 456 g/mol. The molecule has 10 atom stereocenters. The first-order valence-electron chi connectivity index (χ1n) is 13.9. The van der Waals surface area contributed by atoms with Crippen molar-refractivity contribution in [2.24, 2.45) is 56.7 Å². The van der Waals surface area contributed by atoms with Gasteiger partial charge in [0.2, 0.25) is 0 Å². The van der Waals surface area contributed by atoms with Crippen molar-refractivity contribution < 1.29 is 15.0 Å². The van der Waals surface area contributed by atoms with Crippen molar-refractivity contribution >= 4 is 5.97 Å². The normalized spacial score (nSPS) is 55.3. The average molecular weight is 457 g/mol. The maximum atomic E-state index is 12.8. The van der Waals surface area contributed by atoms with E-state index < -0.39 is 11.4 Å². The van der Waals surface area contributed by atoms with Crippen LogP contribution in [0.2, 0.25) is 0 Å². The van der Waals surface area contributed by atoms with Gasteiger partial charge in [-0.25, -0.2) is 0 Å². The van der Waals surface area contributed by atoms with Gasteiger partial charge in [0, 0.05) is 0 Å². The molecule has 0 heterocycles. The molecule has 0 amide bonds. The zero-order valence-corrected chi connectivity index (χ0v) is 22.2. The molecule has 3 nitrogen and oxygen atoms in total. The highest BCUT2D eigenvalue weighted by atomic mass is 16.4. The van der Waals surface area contributed by atoms with Crippen LogP contribution in [0.4, 0.5) is 0 Å². The van der Waals surface area contributed by atoms with Crippen molar-refractivity contribution in [1.82, 2.24) is 0 Å². The summed E-state index contributed by atoms with van der Waals surface area (Å²) in [4.78, 5) is 12.8. The fourth-order valence-corrected chi connectivity index (χ4v) is 10.8. The minimum absolute atomic E-state index is 0.0302. The molecule has 0 radical (unpaired) electrons. The maximum absolute atomic E-state index is 12.8. The lowest BCUT2D eigenvalue weighted by atomic mass is 9.33. The van der Waals surface area contributed by atoms with E-state index in [2.05, 4.69) is 54.5 Å². The molecule has 4 saturated carbocycles. The minimum atomic E-state index is -0.557. The molecular weight excluding hydrogens is 408 g/mol. The molecule has 33 heavy (non-hydrogen) atoms. The Kier molecular flexibility index (Phi) is 5.15. The largest absolute Gasteiger partial charge is 0.481 e. The second-order valence-corrected chi connectivity index (χ2v) is 14.5. The summed E-state index contributed by atoms with van der Waals surface area (Å²) in [5.74, 6) is 1.82. The number of carboxylic acids is 1. The van der Waals surface area contributed by atoms with E-state index in [1.54, 1.807) is 0 Å². The van der Waals surface area contributed by atoms with Gasteiger partial charge in [-0.15, -0.1) is 0 Å². The van der Waals surface area contributed by atoms with E-state index in [9.17, 15) is 15.0 Å². The number of hydrogen-bond acceptors (Lipinski definition) is 2. The lowest BCUT2D eigenvalue weighted by Crippen LogP contribution is -2.65. The van der Waals surface area contributed by atoms with Crippen LogP contribution in [0.1, 0.15) is 106 Å². The third kappa shape index (κ3) is 2.75. The summed E-state index contributed by atoms with van der Waals surface area (Å²) in [6, 6.07) is 0. The molecule has 5 rings (SSSR count). The molecule has 5 aliphatic rings. The molecule has 2 N–H and O–H groups in total. The highest BCUT2D eigenvalue weighted by molar-refractivity contribution is 5.76. The molecule has 0 bridgehead atoms. The van der Waals surface area contributed by atoms with Gasteiger partial charge in [0.05, 0.1) is 11.5 Å². The average Bonchev–Trinajstić information content (AvgIpc) is 2.74. The number of allylic oxidation sites excluding steroid dienone is 2. The predicted octanol–water partition coefficient (Wildman–Crippen LogP) is 7.09. The standard InChI is InChI=1S/C30H48O3/c1-18-10-15-30(25(32)33)17-16-28(6)20(24(30)19(18)2)8-9-22-27(5)13-12-23(31)26(3,4)21(27)11-14-29(22,28)7/h8,18-19,21-24,31H,9-17H2,1-7H3,(H,32,33)/t18-,19+,21+,22-,23+,24+,27+,28+,29-,30+/m1/s1. The summed E-state index contributed by atoms with van der Waals surface area (Å²) in [6.45, 7) is 17.0. The van der Waals surface area contributed by atoms with Gasteiger partial charge in [0.1, 0.15) is 0 Å². The Morgan fingerprint density at radius 3 is 2.27 bits per heavy atom. The Morgan fingerprint density at radius 1 is 0.909 bits per heavy atom. The second kappa shape index (κ2) is 7.11. The number of aliphatic hydroxyl groups is 1. The molecule has 186 valence electrons. The summed E-state index contributed by atoms with van der Waals surface area (Å²) in [5, 5.41) is 21.4. The van der Waals surface area contributed by atoms with Crippen molar-refractivity contribution in [2.45, 2.75) is 112 Å². The first-order valence-corrected chi connectivity index (χ1v) is 13.9. The zero-order chi connectivity index (χ0) is 24.2. The van der Waals surface area contributed by atoms with Gasteiger partial charge >= 0.3 is 5.97 Å². The maximum Gasteiger partial charge on any atom is 0.310 e. The summed E-state index contributed by atoms with van der Waals surface area (Å²) in [7, 11) is 0. The van der Waals surface area contributed by atoms with Crippen molar-refractivity contribution in [1.29, 1.82) is 0 Å². The van der Waals surface area contributed by atoms with E-state index >= 15 is 0 Å². The molecule has 0 aliphatic heterocycles. The second-order valence-electron chi connectivity index (χ2n) is 14.5. The number of rotatable bonds is 1. The molecule has 3 heteroatoms. The summed E-state index contributed by atoms with van der Waals surface area (Å²) in [6.07, 6.45) is 11.6. The van der Waals surface area contributed by atoms with Gasteiger partial charge in [-0.1, -0.05) is 60.1 Å². The Hall–Kier alpha value is -0.830. The van der Waals surface area contributed by atoms with Crippen LogP contribution in [0.25, 0.3) is 0 Å². The van der Waals surface area contributed by atoms with Gasteiger partial charge in [-0.05, 0) is 109 Å². The highest BCUT2D eigenvalue weighted by Gasteiger charge is 2.69. The Labute approximate surface area is 201 Å². The topological polar surface area (TPSA) is 57.5 Å². The van der Waals surface area contributed by atoms with Gasteiger partial charge in [0.25, 0.3) is 0 Å². The molecule has 0 spiro atoms. The third-order valence-corrected chi connectivity index (χ3v) is 13.4. The molecule has 0 aromatic carbocycles. The molecule has 0 saturated heterocycles. The number of aliphatic carboxylic acids is 1. The van der Waals surface area contributed by atoms with Crippen molar-refractivity contribution in [3.8, 4) is 0 Å². The summed E-state index contributed by atoms with van der Waals surface area (Å²) in [5.41, 5.74) is 1.46. The van der Waals surface area contributed by atoms with Crippen LogP contribution in [0.3, 0.4) is 0 Å². The van der Waals surface area contributed by atoms with Crippen LogP contribution in [-0.2, 0) is 4.79 Å². The quantitative estimate of drug-likeness (QED) is 0.414. The predicted molar refractivity (Wildman–Crippen MR) is 133 cm³/mol. The molecule has 5 aliphatic carbocycles. The summed E-state index contributed by atoms with van der Waals surface area (Å²) >= 11 is 0. The van der Waals surface area contributed by atoms with E-state index in [1.165, 1.54) is 18.4 Å². The van der Waals surface area contributed by atoms with Gasteiger partial charge in [0.15, 0.2) is 0 Å². The van der Waals surface area contributed by atoms with E-state index in [0.29, 0.717) is 23.7 Å². The summed E-state index contributed by atoms with van der Waals surface area (Å²) < 4.78 is 0. The molecule has 4 fully saturated rings. The highest BCUT2D eigenvalue weighted by Crippen LogP contribution is 2.75. The Bertz CT molecular complexity index is 874. The molecule has 0 aromatic rings. The fourth-order valence-electron chi connectivity index (χ4n) is 10.8. The third-order valence-electron chi connectivity index (χ3n) is 13.4. The first kappa shape index (κ1) is 23.9. The van der Waals surface area contributed by atoms with Crippen LogP contribution in [0.5, 0.6) is 0 Å². The Morgan fingerprint density at radius 2 is 1.61 bits per heavy atom. The first-order chi connectivity index (χ1) is 15.3. The van der Waals surface area contributed by atoms with Gasteiger partial charge < -0.3 is 10.2 Å². The van der Waals surface area contributed by atoms with E-state index in [4.69, 9.17) is 0 Å². The van der Waals surface area contributed by atoms with Gasteiger partial charge in [-0.3, -0.25) is 4.79 Å². The van der Waals surface area contributed by atoms with Crippen LogP contribution in [0.15, 0.2) is 11.6 Å². The van der Waals surface area contributed by atoms with Crippen LogP contribution in [0, 0.1) is 56.7 Å².